The van der Waals surface area contributed by atoms with Gasteiger partial charge in [-0.15, -0.1) is 0 Å². The number of benzene rings is 1. The monoisotopic (exact) mass is 284 g/mol. The molecule has 0 spiro atoms. The molecule has 0 heterocycles. The minimum Gasteiger partial charge on any atom is -0.368 e. The van der Waals surface area contributed by atoms with Crippen molar-refractivity contribution in [2.24, 2.45) is 0 Å². The van der Waals surface area contributed by atoms with Crippen LogP contribution in [0.2, 0.25) is 0 Å². The number of hydrogen-bond acceptors (Lipinski definition) is 2. The van der Waals surface area contributed by atoms with Gasteiger partial charge in [-0.2, -0.15) is 0 Å². The van der Waals surface area contributed by atoms with Gasteiger partial charge in [-0.25, -0.2) is 0 Å². The van der Waals surface area contributed by atoms with Crippen molar-refractivity contribution >= 4 is 21.6 Å². The largest absolute Gasteiger partial charge is 0.368 e. The van der Waals surface area contributed by atoms with Crippen LogP contribution in [0.5, 0.6) is 0 Å². The van der Waals surface area contributed by atoms with Gasteiger partial charge in [0.2, 0.25) is 0 Å². The number of nitrogens with one attached hydrogen (secondary N) is 1. The molecule has 3 heteroatoms. The zero-order valence-electron chi connectivity index (χ0n) is 10.8. The van der Waals surface area contributed by atoms with E-state index in [1.165, 1.54) is 11.3 Å². The fourth-order valence-corrected chi connectivity index (χ4v) is 2.17. The molecule has 0 aromatic heterocycles. The average molecular weight is 285 g/mol. The van der Waals surface area contributed by atoms with Gasteiger partial charge in [-0.05, 0) is 45.5 Å². The summed E-state index contributed by atoms with van der Waals surface area (Å²) in [4.78, 5) is 2.32. The first kappa shape index (κ1) is 13.5. The lowest BCUT2D eigenvalue weighted by atomic mass is 10.0. The molecule has 90 valence electrons. The fourth-order valence-electron chi connectivity index (χ4n) is 1.82. The number of nitrogens with zero attached hydrogens (tertiary/aromatic N) is 1. The Labute approximate surface area is 107 Å². The van der Waals surface area contributed by atoms with Crippen molar-refractivity contribution in [3.8, 4) is 0 Å². The Hall–Kier alpha value is -0.540. The predicted molar refractivity (Wildman–Crippen MR) is 75.3 cm³/mol. The minimum atomic E-state index is 0.0975. The van der Waals surface area contributed by atoms with Crippen molar-refractivity contribution in [3.63, 3.8) is 0 Å². The van der Waals surface area contributed by atoms with Crippen molar-refractivity contribution < 1.29 is 0 Å². The van der Waals surface area contributed by atoms with Crippen LogP contribution in [0.3, 0.4) is 0 Å². The molecular weight excluding hydrogens is 264 g/mol. The van der Waals surface area contributed by atoms with Crippen LogP contribution in [0.25, 0.3) is 0 Å². The standard InChI is InChI=1S/C13H21BrN2/c1-10-6-7-11(14)8-12(10)16(5)13(2,3)9-15-4/h6-8,15H,9H2,1-5H3. The Bertz CT molecular complexity index is 361. The summed E-state index contributed by atoms with van der Waals surface area (Å²) < 4.78 is 1.13. The molecule has 0 unspecified atom stereocenters. The van der Waals surface area contributed by atoms with Crippen molar-refractivity contribution in [2.75, 3.05) is 25.5 Å². The summed E-state index contributed by atoms with van der Waals surface area (Å²) in [5.41, 5.74) is 2.67. The van der Waals surface area contributed by atoms with Crippen molar-refractivity contribution in [3.05, 3.63) is 28.2 Å². The maximum absolute atomic E-state index is 3.53. The normalized spacial score (nSPS) is 11.6. The third kappa shape index (κ3) is 2.98. The second kappa shape index (κ2) is 5.19. The molecule has 1 rings (SSSR count). The highest BCUT2D eigenvalue weighted by molar-refractivity contribution is 9.10. The van der Waals surface area contributed by atoms with Crippen LogP contribution in [-0.4, -0.2) is 26.2 Å². The maximum atomic E-state index is 3.53. The molecule has 16 heavy (non-hydrogen) atoms. The van der Waals surface area contributed by atoms with Gasteiger partial charge in [0.15, 0.2) is 0 Å². The first-order chi connectivity index (χ1) is 7.38. The molecule has 2 nitrogen and oxygen atoms in total. The third-order valence-corrected chi connectivity index (χ3v) is 3.54. The number of likely N-dealkylation sites (N-methyl/N-ethyl adjacent to an activating group) is 2. The molecule has 0 aliphatic carbocycles. The number of hydrogen-bond donors (Lipinski definition) is 1. The number of rotatable bonds is 4. The van der Waals surface area contributed by atoms with E-state index in [1.54, 1.807) is 0 Å². The number of aryl methyl sites for hydroxylation is 1. The van der Waals surface area contributed by atoms with Crippen molar-refractivity contribution in [2.45, 2.75) is 26.3 Å². The van der Waals surface area contributed by atoms with E-state index < -0.39 is 0 Å². The van der Waals surface area contributed by atoms with E-state index in [9.17, 15) is 0 Å². The molecule has 0 amide bonds. The summed E-state index contributed by atoms with van der Waals surface area (Å²) in [5, 5.41) is 3.24. The van der Waals surface area contributed by atoms with Gasteiger partial charge in [-0.1, -0.05) is 22.0 Å². The first-order valence-electron chi connectivity index (χ1n) is 5.53. The van der Waals surface area contributed by atoms with E-state index in [2.05, 4.69) is 72.2 Å². The Kier molecular flexibility index (Phi) is 4.39. The Morgan fingerprint density at radius 2 is 2.00 bits per heavy atom. The lowest BCUT2D eigenvalue weighted by Gasteiger charge is -2.38. The van der Waals surface area contributed by atoms with Crippen molar-refractivity contribution in [1.82, 2.24) is 5.32 Å². The van der Waals surface area contributed by atoms with Crippen LogP contribution in [0, 0.1) is 6.92 Å². The SMILES string of the molecule is CNCC(C)(C)N(C)c1cc(Br)ccc1C. The fraction of sp³-hybridized carbons (Fsp3) is 0.538. The van der Waals surface area contributed by atoms with Crippen LogP contribution in [0.4, 0.5) is 5.69 Å². The number of halogens is 1. The lowest BCUT2D eigenvalue weighted by Crippen LogP contribution is -2.48. The Balaban J connectivity index is 3.03. The lowest BCUT2D eigenvalue weighted by molar-refractivity contribution is 0.462. The van der Waals surface area contributed by atoms with E-state index in [1.807, 2.05) is 7.05 Å². The third-order valence-electron chi connectivity index (χ3n) is 3.05. The molecule has 1 N–H and O–H groups in total. The van der Waals surface area contributed by atoms with Gasteiger partial charge >= 0.3 is 0 Å². The molecule has 0 radical (unpaired) electrons. The Morgan fingerprint density at radius 1 is 1.38 bits per heavy atom. The summed E-state index contributed by atoms with van der Waals surface area (Å²) in [6, 6.07) is 6.40. The van der Waals surface area contributed by atoms with E-state index in [-0.39, 0.29) is 5.54 Å². The molecule has 0 saturated heterocycles. The van der Waals surface area contributed by atoms with E-state index in [4.69, 9.17) is 0 Å². The van der Waals surface area contributed by atoms with E-state index in [0.29, 0.717) is 0 Å². The summed E-state index contributed by atoms with van der Waals surface area (Å²) >= 11 is 3.53. The summed E-state index contributed by atoms with van der Waals surface area (Å²) in [6.07, 6.45) is 0. The molecule has 0 fully saturated rings. The van der Waals surface area contributed by atoms with Crippen molar-refractivity contribution in [1.29, 1.82) is 0 Å². The molecule has 0 atom stereocenters. The molecular formula is C13H21BrN2. The quantitative estimate of drug-likeness (QED) is 0.914. The highest BCUT2D eigenvalue weighted by Gasteiger charge is 2.23. The van der Waals surface area contributed by atoms with Gasteiger partial charge in [0.05, 0.1) is 0 Å². The van der Waals surface area contributed by atoms with Gasteiger partial charge < -0.3 is 10.2 Å². The zero-order chi connectivity index (χ0) is 12.3. The predicted octanol–water partition coefficient (Wildman–Crippen LogP) is 3.19. The smallest absolute Gasteiger partial charge is 0.0466 e. The Morgan fingerprint density at radius 3 is 2.56 bits per heavy atom. The van der Waals surface area contributed by atoms with Gasteiger partial charge in [-0.3, -0.25) is 0 Å². The highest BCUT2D eigenvalue weighted by atomic mass is 79.9. The zero-order valence-corrected chi connectivity index (χ0v) is 12.4. The number of anilines is 1. The maximum Gasteiger partial charge on any atom is 0.0466 e. The van der Waals surface area contributed by atoms with Crippen LogP contribution in [0.1, 0.15) is 19.4 Å². The minimum absolute atomic E-state index is 0.0975. The van der Waals surface area contributed by atoms with Crippen LogP contribution in [-0.2, 0) is 0 Å². The van der Waals surface area contributed by atoms with Crippen LogP contribution in [0.15, 0.2) is 22.7 Å². The second-order valence-electron chi connectivity index (χ2n) is 4.83. The molecule has 1 aromatic carbocycles. The highest BCUT2D eigenvalue weighted by Crippen LogP contribution is 2.28. The summed E-state index contributed by atoms with van der Waals surface area (Å²) in [6.45, 7) is 7.58. The second-order valence-corrected chi connectivity index (χ2v) is 5.75. The molecule has 1 aromatic rings. The van der Waals surface area contributed by atoms with Crippen LogP contribution < -0.4 is 10.2 Å². The van der Waals surface area contributed by atoms with Gasteiger partial charge in [0.1, 0.15) is 0 Å². The van der Waals surface area contributed by atoms with Crippen LogP contribution >= 0.6 is 15.9 Å². The molecule has 0 saturated carbocycles. The molecule has 0 aliphatic heterocycles. The van der Waals surface area contributed by atoms with E-state index >= 15 is 0 Å². The first-order valence-corrected chi connectivity index (χ1v) is 6.32. The van der Waals surface area contributed by atoms with Gasteiger partial charge in [0.25, 0.3) is 0 Å². The average Bonchev–Trinajstić information content (AvgIpc) is 2.20. The van der Waals surface area contributed by atoms with Gasteiger partial charge in [0, 0.05) is 29.3 Å². The molecule has 0 bridgehead atoms. The summed E-state index contributed by atoms with van der Waals surface area (Å²) in [5.74, 6) is 0. The topological polar surface area (TPSA) is 15.3 Å². The van der Waals surface area contributed by atoms with E-state index in [0.717, 1.165) is 11.0 Å². The molecule has 0 aliphatic rings. The summed E-state index contributed by atoms with van der Waals surface area (Å²) in [7, 11) is 4.13.